The number of nitriles is 1. The van der Waals surface area contributed by atoms with Gasteiger partial charge in [-0.2, -0.15) is 10.2 Å². The molecule has 0 aromatic carbocycles. The van der Waals surface area contributed by atoms with Crippen LogP contribution in [0.2, 0.25) is 0 Å². The molecule has 3 aromatic heterocycles. The van der Waals surface area contributed by atoms with Gasteiger partial charge in [-0.15, -0.1) is 11.3 Å². The zero-order chi connectivity index (χ0) is 18.7. The fourth-order valence-electron chi connectivity index (χ4n) is 2.56. The Balaban J connectivity index is 1.86. The molecule has 3 rings (SSSR count). The first kappa shape index (κ1) is 17.8. The summed E-state index contributed by atoms with van der Waals surface area (Å²) in [5, 5.41) is 21.7. The van der Waals surface area contributed by atoms with Crippen LogP contribution in [0.25, 0.3) is 11.7 Å². The molecule has 0 aliphatic heterocycles. The fourth-order valence-corrected chi connectivity index (χ4v) is 3.52. The first-order valence-corrected chi connectivity index (χ1v) is 9.12. The van der Waals surface area contributed by atoms with Crippen LogP contribution in [0.1, 0.15) is 41.6 Å². The van der Waals surface area contributed by atoms with Gasteiger partial charge < -0.3 is 5.11 Å². The van der Waals surface area contributed by atoms with Crippen molar-refractivity contribution in [1.29, 1.82) is 5.26 Å². The summed E-state index contributed by atoms with van der Waals surface area (Å²) in [6.07, 6.45) is 5.63. The van der Waals surface area contributed by atoms with Crippen LogP contribution in [-0.2, 0) is 12.8 Å². The van der Waals surface area contributed by atoms with Gasteiger partial charge in [-0.3, -0.25) is 9.20 Å². The normalized spacial score (nSPS) is 11.5. The minimum absolute atomic E-state index is 0.000741. The fraction of sp³-hybridized carbons (Fsp3) is 0.263. The van der Waals surface area contributed by atoms with Crippen LogP contribution in [0.15, 0.2) is 34.6 Å². The highest BCUT2D eigenvalue weighted by molar-refractivity contribution is 7.09. The number of nitrogens with zero attached hydrogens (tertiary/aromatic N) is 4. The van der Waals surface area contributed by atoms with Gasteiger partial charge >= 0.3 is 0 Å². The van der Waals surface area contributed by atoms with E-state index in [4.69, 9.17) is 5.26 Å². The number of thiazole rings is 1. The van der Waals surface area contributed by atoms with Gasteiger partial charge in [0.05, 0.1) is 16.8 Å². The second-order valence-electron chi connectivity index (χ2n) is 6.20. The number of hydrogen-bond donors (Lipinski definition) is 1. The van der Waals surface area contributed by atoms with Crippen LogP contribution in [0, 0.1) is 11.3 Å². The molecule has 0 aliphatic carbocycles. The van der Waals surface area contributed by atoms with E-state index in [2.05, 4.69) is 29.2 Å². The topological polar surface area (TPSA) is 91.3 Å². The maximum absolute atomic E-state index is 12.4. The van der Waals surface area contributed by atoms with Crippen molar-refractivity contribution in [2.45, 2.75) is 32.6 Å². The lowest BCUT2D eigenvalue weighted by molar-refractivity contribution is 0.451. The van der Waals surface area contributed by atoms with E-state index in [1.54, 1.807) is 29.7 Å². The Morgan fingerprint density at radius 1 is 1.38 bits per heavy atom. The molecule has 0 saturated heterocycles. The Bertz CT molecular complexity index is 1070. The van der Waals surface area contributed by atoms with Crippen LogP contribution >= 0.6 is 11.3 Å². The van der Waals surface area contributed by atoms with Gasteiger partial charge in [-0.25, -0.2) is 4.98 Å². The monoisotopic (exact) mass is 366 g/mol. The van der Waals surface area contributed by atoms with E-state index < -0.39 is 5.56 Å². The summed E-state index contributed by atoms with van der Waals surface area (Å²) in [5.41, 5.74) is 2.09. The summed E-state index contributed by atoms with van der Waals surface area (Å²) < 4.78 is 1.36. The van der Waals surface area contributed by atoms with Gasteiger partial charge in [0.1, 0.15) is 11.2 Å². The Kier molecular flexibility index (Phi) is 5.14. The molecule has 0 unspecified atom stereocenters. The van der Waals surface area contributed by atoms with Crippen molar-refractivity contribution in [2.24, 2.45) is 0 Å². The van der Waals surface area contributed by atoms with Crippen molar-refractivity contribution < 1.29 is 5.11 Å². The Morgan fingerprint density at radius 2 is 2.19 bits per heavy atom. The van der Waals surface area contributed by atoms with Crippen molar-refractivity contribution in [1.82, 2.24) is 14.4 Å². The SMILES string of the molecule is CC(C)c1csc(CCc2ccn3c(=O)c(/C=C/C#N)c(O)nc3c2)n1. The van der Waals surface area contributed by atoms with Gasteiger partial charge in [-0.05, 0) is 36.1 Å². The molecule has 0 radical (unpaired) electrons. The number of aromatic hydroxyl groups is 1. The van der Waals surface area contributed by atoms with E-state index in [1.165, 1.54) is 10.5 Å². The van der Waals surface area contributed by atoms with Gasteiger partial charge in [0.2, 0.25) is 5.88 Å². The van der Waals surface area contributed by atoms with E-state index in [0.29, 0.717) is 11.6 Å². The zero-order valence-electron chi connectivity index (χ0n) is 14.5. The van der Waals surface area contributed by atoms with Crippen LogP contribution < -0.4 is 5.56 Å². The van der Waals surface area contributed by atoms with Crippen LogP contribution in [-0.4, -0.2) is 19.5 Å². The number of pyridine rings is 1. The number of rotatable bonds is 5. The van der Waals surface area contributed by atoms with Crippen LogP contribution in [0.5, 0.6) is 5.88 Å². The smallest absolute Gasteiger partial charge is 0.269 e. The molecule has 3 aromatic rings. The highest BCUT2D eigenvalue weighted by atomic mass is 32.1. The molecule has 0 fully saturated rings. The molecule has 132 valence electrons. The largest absolute Gasteiger partial charge is 0.493 e. The highest BCUT2D eigenvalue weighted by Crippen LogP contribution is 2.20. The molecule has 0 saturated carbocycles. The minimum Gasteiger partial charge on any atom is -0.493 e. The summed E-state index contributed by atoms with van der Waals surface area (Å²) in [6, 6.07) is 5.45. The molecule has 0 aliphatic rings. The van der Waals surface area contributed by atoms with Crippen molar-refractivity contribution in [2.75, 3.05) is 0 Å². The third kappa shape index (κ3) is 3.65. The first-order valence-electron chi connectivity index (χ1n) is 8.24. The molecule has 0 spiro atoms. The summed E-state index contributed by atoms with van der Waals surface area (Å²) in [7, 11) is 0. The summed E-state index contributed by atoms with van der Waals surface area (Å²) >= 11 is 1.66. The predicted octanol–water partition coefficient (Wildman–Crippen LogP) is 3.30. The molecule has 0 atom stereocenters. The number of aromatic nitrogens is 3. The molecular weight excluding hydrogens is 348 g/mol. The average molecular weight is 366 g/mol. The third-order valence-corrected chi connectivity index (χ3v) is 4.95. The quantitative estimate of drug-likeness (QED) is 0.700. The number of allylic oxidation sites excluding steroid dienone is 1. The minimum atomic E-state index is -0.410. The summed E-state index contributed by atoms with van der Waals surface area (Å²) in [6.45, 7) is 4.25. The van der Waals surface area contributed by atoms with E-state index in [1.807, 2.05) is 6.07 Å². The van der Waals surface area contributed by atoms with E-state index in [9.17, 15) is 9.90 Å². The predicted molar refractivity (Wildman–Crippen MR) is 101 cm³/mol. The molecule has 7 heteroatoms. The Labute approximate surface area is 154 Å². The van der Waals surface area contributed by atoms with Crippen LogP contribution in [0.3, 0.4) is 0 Å². The van der Waals surface area contributed by atoms with Gasteiger partial charge in [-0.1, -0.05) is 13.8 Å². The lowest BCUT2D eigenvalue weighted by Gasteiger charge is -2.06. The lowest BCUT2D eigenvalue weighted by Crippen LogP contribution is -2.17. The molecule has 0 bridgehead atoms. The lowest BCUT2D eigenvalue weighted by atomic mass is 10.1. The maximum Gasteiger partial charge on any atom is 0.269 e. The number of hydrogen-bond acceptors (Lipinski definition) is 6. The highest BCUT2D eigenvalue weighted by Gasteiger charge is 2.11. The molecule has 6 nitrogen and oxygen atoms in total. The molecule has 1 N–H and O–H groups in total. The number of fused-ring (bicyclic) bond motifs is 1. The average Bonchev–Trinajstić information content (AvgIpc) is 3.09. The van der Waals surface area contributed by atoms with Gasteiger partial charge in [0, 0.05) is 24.1 Å². The summed E-state index contributed by atoms with van der Waals surface area (Å²) in [5.74, 6) is 0.0455. The molecule has 0 amide bonds. The van der Waals surface area contributed by atoms with E-state index >= 15 is 0 Å². The third-order valence-electron chi connectivity index (χ3n) is 4.02. The Hall–Kier alpha value is -2.98. The van der Waals surface area contributed by atoms with E-state index in [-0.39, 0.29) is 11.4 Å². The van der Waals surface area contributed by atoms with Crippen molar-refractivity contribution >= 4 is 23.1 Å². The van der Waals surface area contributed by atoms with Crippen LogP contribution in [0.4, 0.5) is 0 Å². The molecule has 3 heterocycles. The second-order valence-corrected chi connectivity index (χ2v) is 7.14. The van der Waals surface area contributed by atoms with E-state index in [0.717, 1.165) is 35.2 Å². The molecule has 26 heavy (non-hydrogen) atoms. The van der Waals surface area contributed by atoms with Gasteiger partial charge in [0.15, 0.2) is 0 Å². The standard InChI is InChI=1S/C19H18N4O2S/c1-12(2)15-11-26-17(21-15)6-5-13-7-9-23-16(10-13)22-18(24)14(19(23)25)4-3-8-20/h3-4,7,9-12,24H,5-6H2,1-2H3/b4-3+. The second kappa shape index (κ2) is 7.50. The summed E-state index contributed by atoms with van der Waals surface area (Å²) in [4.78, 5) is 21.1. The van der Waals surface area contributed by atoms with Crippen molar-refractivity contribution in [3.8, 4) is 11.9 Å². The first-order chi connectivity index (χ1) is 12.5. The van der Waals surface area contributed by atoms with Crippen molar-refractivity contribution in [3.05, 3.63) is 62.0 Å². The van der Waals surface area contributed by atoms with Gasteiger partial charge in [0.25, 0.3) is 5.56 Å². The number of aryl methyl sites for hydroxylation is 2. The maximum atomic E-state index is 12.4. The van der Waals surface area contributed by atoms with Crippen molar-refractivity contribution in [3.63, 3.8) is 0 Å². The molecular formula is C19H18N4O2S. The zero-order valence-corrected chi connectivity index (χ0v) is 15.3. The Morgan fingerprint density at radius 3 is 2.88 bits per heavy atom.